The predicted octanol–water partition coefficient (Wildman–Crippen LogP) is 5.01. The van der Waals surface area contributed by atoms with Crippen molar-refractivity contribution < 1.29 is 14.4 Å². The third-order valence-electron chi connectivity index (χ3n) is 5.72. The van der Waals surface area contributed by atoms with Crippen LogP contribution in [-0.2, 0) is 14.4 Å². The van der Waals surface area contributed by atoms with Gasteiger partial charge in [-0.25, -0.2) is 0 Å². The number of nitrogens with zero attached hydrogens (tertiary/aromatic N) is 2. The van der Waals surface area contributed by atoms with Gasteiger partial charge in [-0.3, -0.25) is 0 Å². The van der Waals surface area contributed by atoms with Crippen molar-refractivity contribution in [3.63, 3.8) is 0 Å². The molecule has 4 rings (SSSR count). The molecule has 2 aromatic rings. The van der Waals surface area contributed by atoms with Crippen LogP contribution in [0, 0.1) is 47.5 Å². The minimum Gasteiger partial charge on any atom is -0.432 e. The SMILES string of the molecule is Cc1cc(C)c(C2=NO[C@@H]([C@@H]3C(c4c(C)cc(C)cc4C)=NO[C@H]3C)O2)c(C)c1. The lowest BCUT2D eigenvalue weighted by molar-refractivity contribution is -0.0948. The van der Waals surface area contributed by atoms with Crippen LogP contribution < -0.4 is 0 Å². The van der Waals surface area contributed by atoms with Crippen LogP contribution in [0.5, 0.6) is 0 Å². The van der Waals surface area contributed by atoms with Gasteiger partial charge in [0, 0.05) is 11.1 Å². The minimum atomic E-state index is -0.568. The normalized spacial score (nSPS) is 23.2. The van der Waals surface area contributed by atoms with Gasteiger partial charge in [0.15, 0.2) is 0 Å². The fourth-order valence-corrected chi connectivity index (χ4v) is 4.65. The highest BCUT2D eigenvalue weighted by atomic mass is 16.8. The Labute approximate surface area is 172 Å². The van der Waals surface area contributed by atoms with E-state index in [1.807, 2.05) is 6.92 Å². The third-order valence-corrected chi connectivity index (χ3v) is 5.72. The molecular formula is C24H28N2O3. The molecule has 0 N–H and O–H groups in total. The molecule has 5 heteroatoms. The van der Waals surface area contributed by atoms with Gasteiger partial charge in [-0.2, -0.15) is 0 Å². The number of ether oxygens (including phenoxy) is 1. The third kappa shape index (κ3) is 3.39. The van der Waals surface area contributed by atoms with Gasteiger partial charge in [0.05, 0.1) is 0 Å². The zero-order chi connectivity index (χ0) is 20.9. The van der Waals surface area contributed by atoms with E-state index < -0.39 is 6.29 Å². The first-order chi connectivity index (χ1) is 13.8. The maximum Gasteiger partial charge on any atom is 0.279 e. The molecule has 0 bridgehead atoms. The Balaban J connectivity index is 1.64. The lowest BCUT2D eigenvalue weighted by Crippen LogP contribution is -2.36. The van der Waals surface area contributed by atoms with Crippen molar-refractivity contribution in [1.82, 2.24) is 0 Å². The summed E-state index contributed by atoms with van der Waals surface area (Å²) >= 11 is 0. The average molecular weight is 392 g/mol. The summed E-state index contributed by atoms with van der Waals surface area (Å²) in [6.07, 6.45) is -0.730. The zero-order valence-corrected chi connectivity index (χ0v) is 18.2. The molecule has 152 valence electrons. The smallest absolute Gasteiger partial charge is 0.279 e. The number of rotatable bonds is 3. The molecule has 0 fully saturated rings. The van der Waals surface area contributed by atoms with Crippen molar-refractivity contribution in [3.8, 4) is 0 Å². The van der Waals surface area contributed by atoms with Crippen LogP contribution in [0.3, 0.4) is 0 Å². The molecule has 2 aromatic carbocycles. The van der Waals surface area contributed by atoms with Gasteiger partial charge in [0.25, 0.3) is 12.2 Å². The summed E-state index contributed by atoms with van der Waals surface area (Å²) in [6, 6.07) is 8.61. The van der Waals surface area contributed by atoms with Crippen LogP contribution in [-0.4, -0.2) is 24.0 Å². The average Bonchev–Trinajstić information content (AvgIpc) is 3.20. The first kappa shape index (κ1) is 19.5. The van der Waals surface area contributed by atoms with Crippen molar-refractivity contribution in [2.24, 2.45) is 16.2 Å². The Morgan fingerprint density at radius 3 is 1.76 bits per heavy atom. The van der Waals surface area contributed by atoms with E-state index in [4.69, 9.17) is 14.4 Å². The molecule has 0 amide bonds. The summed E-state index contributed by atoms with van der Waals surface area (Å²) in [6.45, 7) is 14.5. The van der Waals surface area contributed by atoms with E-state index in [1.165, 1.54) is 22.3 Å². The summed E-state index contributed by atoms with van der Waals surface area (Å²) in [4.78, 5) is 11.4. The van der Waals surface area contributed by atoms with E-state index in [-0.39, 0.29) is 12.0 Å². The fraction of sp³-hybridized carbons (Fsp3) is 0.417. The first-order valence-corrected chi connectivity index (χ1v) is 10.1. The summed E-state index contributed by atoms with van der Waals surface area (Å²) in [5, 5.41) is 8.70. The number of hydrogen-bond acceptors (Lipinski definition) is 5. The van der Waals surface area contributed by atoms with E-state index in [9.17, 15) is 0 Å². The van der Waals surface area contributed by atoms with Crippen LogP contribution >= 0.6 is 0 Å². The van der Waals surface area contributed by atoms with Crippen LogP contribution in [0.2, 0.25) is 0 Å². The Kier molecular flexibility index (Phi) is 4.85. The zero-order valence-electron chi connectivity index (χ0n) is 18.2. The van der Waals surface area contributed by atoms with Crippen molar-refractivity contribution in [2.45, 2.75) is 60.9 Å². The van der Waals surface area contributed by atoms with Crippen molar-refractivity contribution in [1.29, 1.82) is 0 Å². The quantitative estimate of drug-likeness (QED) is 0.738. The molecule has 5 nitrogen and oxygen atoms in total. The van der Waals surface area contributed by atoms with Crippen LogP contribution in [0.15, 0.2) is 34.6 Å². The maximum absolute atomic E-state index is 6.23. The van der Waals surface area contributed by atoms with Crippen LogP contribution in [0.4, 0.5) is 0 Å². The van der Waals surface area contributed by atoms with Gasteiger partial charge in [-0.1, -0.05) is 40.5 Å². The fourth-order valence-electron chi connectivity index (χ4n) is 4.65. The molecule has 29 heavy (non-hydrogen) atoms. The topological polar surface area (TPSA) is 52.4 Å². The largest absolute Gasteiger partial charge is 0.432 e. The van der Waals surface area contributed by atoms with Crippen molar-refractivity contribution >= 4 is 11.6 Å². The highest BCUT2D eigenvalue weighted by molar-refractivity contribution is 6.06. The van der Waals surface area contributed by atoms with Gasteiger partial charge in [-0.05, 0) is 75.9 Å². The summed E-state index contributed by atoms with van der Waals surface area (Å²) in [5.74, 6) is 0.364. The van der Waals surface area contributed by atoms with E-state index in [0.29, 0.717) is 5.90 Å². The second kappa shape index (κ2) is 7.21. The monoisotopic (exact) mass is 392 g/mol. The number of benzene rings is 2. The lowest BCUT2D eigenvalue weighted by atomic mass is 9.87. The molecular weight excluding hydrogens is 364 g/mol. The molecule has 3 atom stereocenters. The van der Waals surface area contributed by atoms with Crippen molar-refractivity contribution in [3.05, 3.63) is 68.8 Å². The Morgan fingerprint density at radius 2 is 1.21 bits per heavy atom. The van der Waals surface area contributed by atoms with E-state index in [1.54, 1.807) is 0 Å². The van der Waals surface area contributed by atoms with Crippen molar-refractivity contribution in [2.75, 3.05) is 0 Å². The van der Waals surface area contributed by atoms with Gasteiger partial charge in [0.1, 0.15) is 17.7 Å². The minimum absolute atomic E-state index is 0.162. The van der Waals surface area contributed by atoms with Gasteiger partial charge >= 0.3 is 0 Å². The molecule has 0 spiro atoms. The summed E-state index contributed by atoms with van der Waals surface area (Å²) in [5.41, 5.74) is 10.0. The molecule has 0 unspecified atom stereocenters. The predicted molar refractivity (Wildman–Crippen MR) is 114 cm³/mol. The highest BCUT2D eigenvalue weighted by Crippen LogP contribution is 2.34. The standard InChI is InChI=1S/C24H28N2O3/c1-12-8-14(3)19(15(4)9-12)22-21(18(7)28-25-22)24-27-23(26-29-24)20-16(5)10-13(2)11-17(20)6/h8-11,18,21,24H,1-7H3/t18-,21-,24-/m0/s1. The van der Waals surface area contributed by atoms with Gasteiger partial charge in [0.2, 0.25) is 0 Å². The molecule has 0 saturated heterocycles. The number of aryl methyl sites for hydroxylation is 6. The second-order valence-electron chi connectivity index (χ2n) is 8.35. The molecule has 0 aliphatic carbocycles. The first-order valence-electron chi connectivity index (χ1n) is 10.1. The number of hydrogen-bond donors (Lipinski definition) is 0. The molecule has 0 aromatic heterocycles. The Morgan fingerprint density at radius 1 is 0.690 bits per heavy atom. The molecule has 0 radical (unpaired) electrons. The van der Waals surface area contributed by atoms with E-state index in [0.717, 1.165) is 28.0 Å². The summed E-state index contributed by atoms with van der Waals surface area (Å²) in [7, 11) is 0. The second-order valence-corrected chi connectivity index (χ2v) is 8.35. The van der Waals surface area contributed by atoms with Gasteiger partial charge in [-0.15, -0.1) is 0 Å². The van der Waals surface area contributed by atoms with E-state index in [2.05, 4.69) is 76.1 Å². The maximum atomic E-state index is 6.23. The molecule has 0 saturated carbocycles. The van der Waals surface area contributed by atoms with Gasteiger partial charge < -0.3 is 14.4 Å². The summed E-state index contributed by atoms with van der Waals surface area (Å²) < 4.78 is 6.23. The van der Waals surface area contributed by atoms with Crippen LogP contribution in [0.25, 0.3) is 0 Å². The lowest BCUT2D eigenvalue weighted by Gasteiger charge is -2.22. The molecule has 2 aliphatic heterocycles. The molecule has 2 heterocycles. The molecule has 2 aliphatic rings. The number of oxime groups is 2. The highest BCUT2D eigenvalue weighted by Gasteiger charge is 2.45. The Bertz CT molecular complexity index is 992. The van der Waals surface area contributed by atoms with E-state index >= 15 is 0 Å². The van der Waals surface area contributed by atoms with Crippen LogP contribution in [0.1, 0.15) is 51.4 Å². The Hall–Kier alpha value is -2.82.